The topological polar surface area (TPSA) is 74.1 Å². The van der Waals surface area contributed by atoms with Gasteiger partial charge in [-0.2, -0.15) is 5.26 Å². The van der Waals surface area contributed by atoms with Gasteiger partial charge in [0, 0.05) is 37.9 Å². The van der Waals surface area contributed by atoms with E-state index in [0.29, 0.717) is 23.0 Å². The van der Waals surface area contributed by atoms with Gasteiger partial charge in [0.15, 0.2) is 0 Å². The van der Waals surface area contributed by atoms with Crippen LogP contribution in [0.1, 0.15) is 31.9 Å². The van der Waals surface area contributed by atoms with Gasteiger partial charge < -0.3 is 9.32 Å². The van der Waals surface area contributed by atoms with Gasteiger partial charge in [-0.15, -0.1) is 5.10 Å². The Labute approximate surface area is 187 Å². The number of nitriles is 1. The summed E-state index contributed by atoms with van der Waals surface area (Å²) < 4.78 is 7.52. The molecule has 1 aliphatic rings. The second-order valence-electron chi connectivity index (χ2n) is 8.76. The first kappa shape index (κ1) is 21.2. The Kier molecular flexibility index (Phi) is 5.90. The lowest BCUT2D eigenvalue weighted by atomic mass is 9.87. The summed E-state index contributed by atoms with van der Waals surface area (Å²) in [4.78, 5) is 9.26. The van der Waals surface area contributed by atoms with E-state index >= 15 is 0 Å². The summed E-state index contributed by atoms with van der Waals surface area (Å²) in [6, 6.07) is 14.0. The maximum absolute atomic E-state index is 9.09. The Morgan fingerprint density at radius 2 is 1.81 bits per heavy atom. The van der Waals surface area contributed by atoms with E-state index < -0.39 is 0 Å². The normalized spacial score (nSPS) is 15.1. The number of benzene rings is 1. The SMILES string of the molecule is CC(C)(C)c1ccc(-c2nn(CN3CCN(c4cc(C#N)ccn4)CC3)c(=S)o2)cc1. The molecule has 0 spiro atoms. The predicted octanol–water partition coefficient (Wildman–Crippen LogP) is 4.22. The van der Waals surface area contributed by atoms with Crippen LogP contribution in [-0.2, 0) is 12.1 Å². The molecule has 0 atom stereocenters. The fourth-order valence-corrected chi connectivity index (χ4v) is 3.77. The standard InChI is InChI=1S/C23H26N6OS/c1-23(2,3)19-6-4-18(5-7-19)21-26-29(22(31)30-21)16-27-10-12-28(13-11-27)20-14-17(15-24)8-9-25-20/h4-9,14H,10-13,16H2,1-3H3. The number of aromatic nitrogens is 3. The monoisotopic (exact) mass is 434 g/mol. The molecule has 1 fully saturated rings. The van der Waals surface area contributed by atoms with Gasteiger partial charge in [-0.3, -0.25) is 4.90 Å². The molecule has 3 heterocycles. The van der Waals surface area contributed by atoms with Crippen LogP contribution in [0, 0.1) is 16.2 Å². The van der Waals surface area contributed by atoms with Crippen molar-refractivity contribution in [1.82, 2.24) is 19.7 Å². The molecule has 8 heteroatoms. The molecule has 0 radical (unpaired) electrons. The van der Waals surface area contributed by atoms with Crippen molar-refractivity contribution in [1.29, 1.82) is 5.26 Å². The third-order valence-corrected chi connectivity index (χ3v) is 5.80. The van der Waals surface area contributed by atoms with Crippen LogP contribution in [0.5, 0.6) is 0 Å². The molecule has 1 aliphatic heterocycles. The van der Waals surface area contributed by atoms with Crippen LogP contribution in [0.25, 0.3) is 11.5 Å². The fourth-order valence-electron chi connectivity index (χ4n) is 3.59. The zero-order valence-corrected chi connectivity index (χ0v) is 18.9. The minimum Gasteiger partial charge on any atom is -0.409 e. The lowest BCUT2D eigenvalue weighted by Gasteiger charge is -2.35. The van der Waals surface area contributed by atoms with Crippen molar-refractivity contribution in [3.05, 3.63) is 58.6 Å². The summed E-state index contributed by atoms with van der Waals surface area (Å²) in [5, 5.41) is 13.7. The Morgan fingerprint density at radius 3 is 2.45 bits per heavy atom. The van der Waals surface area contributed by atoms with Crippen LogP contribution in [-0.4, -0.2) is 45.8 Å². The molecular weight excluding hydrogens is 408 g/mol. The van der Waals surface area contributed by atoms with Crippen molar-refractivity contribution < 1.29 is 4.42 Å². The van der Waals surface area contributed by atoms with Crippen molar-refractivity contribution in [3.63, 3.8) is 0 Å². The van der Waals surface area contributed by atoms with Gasteiger partial charge >= 0.3 is 0 Å². The summed E-state index contributed by atoms with van der Waals surface area (Å²) in [6.45, 7) is 10.5. The Balaban J connectivity index is 1.40. The molecule has 0 aliphatic carbocycles. The number of rotatable bonds is 4. The van der Waals surface area contributed by atoms with E-state index in [9.17, 15) is 0 Å². The molecule has 0 saturated carbocycles. The highest BCUT2D eigenvalue weighted by Gasteiger charge is 2.20. The van der Waals surface area contributed by atoms with E-state index in [1.54, 1.807) is 16.9 Å². The summed E-state index contributed by atoms with van der Waals surface area (Å²) in [7, 11) is 0. The lowest BCUT2D eigenvalue weighted by Crippen LogP contribution is -2.47. The third kappa shape index (κ3) is 4.84. The molecule has 160 valence electrons. The molecule has 1 aromatic carbocycles. The molecule has 3 aromatic rings. The zero-order valence-electron chi connectivity index (χ0n) is 18.1. The van der Waals surface area contributed by atoms with Crippen LogP contribution < -0.4 is 4.90 Å². The molecule has 7 nitrogen and oxygen atoms in total. The summed E-state index contributed by atoms with van der Waals surface area (Å²) in [6.07, 6.45) is 1.69. The van der Waals surface area contributed by atoms with Crippen LogP contribution in [0.2, 0.25) is 0 Å². The van der Waals surface area contributed by atoms with E-state index in [0.717, 1.165) is 37.6 Å². The lowest BCUT2D eigenvalue weighted by molar-refractivity contribution is 0.192. The summed E-state index contributed by atoms with van der Waals surface area (Å²) >= 11 is 5.41. The van der Waals surface area contributed by atoms with Gasteiger partial charge in [0.2, 0.25) is 5.89 Å². The molecule has 2 aromatic heterocycles. The maximum atomic E-state index is 9.09. The van der Waals surface area contributed by atoms with Crippen molar-refractivity contribution >= 4 is 18.0 Å². The highest BCUT2D eigenvalue weighted by Crippen LogP contribution is 2.25. The summed E-state index contributed by atoms with van der Waals surface area (Å²) in [5.41, 5.74) is 2.92. The van der Waals surface area contributed by atoms with Crippen molar-refractivity contribution in [2.24, 2.45) is 0 Å². The number of hydrogen-bond acceptors (Lipinski definition) is 7. The van der Waals surface area contributed by atoms with Gasteiger partial charge in [-0.1, -0.05) is 32.9 Å². The third-order valence-electron chi connectivity index (χ3n) is 5.51. The molecule has 0 amide bonds. The van der Waals surface area contributed by atoms with Crippen LogP contribution in [0.4, 0.5) is 5.82 Å². The largest absolute Gasteiger partial charge is 0.409 e. The van der Waals surface area contributed by atoms with Crippen LogP contribution in [0.15, 0.2) is 47.0 Å². The van der Waals surface area contributed by atoms with E-state index in [-0.39, 0.29) is 5.41 Å². The van der Waals surface area contributed by atoms with E-state index in [2.05, 4.69) is 58.9 Å². The Hall–Kier alpha value is -3.02. The second kappa shape index (κ2) is 8.61. The van der Waals surface area contributed by atoms with Crippen LogP contribution >= 0.6 is 12.2 Å². The van der Waals surface area contributed by atoms with Gasteiger partial charge in [0.05, 0.1) is 18.3 Å². The Bertz CT molecular complexity index is 1140. The zero-order chi connectivity index (χ0) is 22.0. The fraction of sp³-hybridized carbons (Fsp3) is 0.391. The van der Waals surface area contributed by atoms with E-state index in [1.165, 1.54) is 5.56 Å². The molecule has 0 bridgehead atoms. The van der Waals surface area contributed by atoms with Crippen molar-refractivity contribution in [3.8, 4) is 17.5 Å². The molecule has 4 rings (SSSR count). The predicted molar refractivity (Wildman–Crippen MR) is 122 cm³/mol. The van der Waals surface area contributed by atoms with Crippen LogP contribution in [0.3, 0.4) is 0 Å². The first-order valence-corrected chi connectivity index (χ1v) is 10.8. The molecule has 1 saturated heterocycles. The van der Waals surface area contributed by atoms with E-state index in [1.807, 2.05) is 18.2 Å². The summed E-state index contributed by atoms with van der Waals surface area (Å²) in [5.74, 6) is 1.39. The van der Waals surface area contributed by atoms with Gasteiger partial charge in [-0.25, -0.2) is 9.67 Å². The van der Waals surface area contributed by atoms with Gasteiger partial charge in [-0.05, 0) is 47.5 Å². The minimum atomic E-state index is 0.103. The van der Waals surface area contributed by atoms with Crippen molar-refractivity contribution in [2.45, 2.75) is 32.9 Å². The molecular formula is C23H26N6OS. The number of anilines is 1. The van der Waals surface area contributed by atoms with Gasteiger partial charge in [0.25, 0.3) is 4.84 Å². The molecule has 31 heavy (non-hydrogen) atoms. The highest BCUT2D eigenvalue weighted by molar-refractivity contribution is 7.71. The smallest absolute Gasteiger partial charge is 0.288 e. The quantitative estimate of drug-likeness (QED) is 0.569. The minimum absolute atomic E-state index is 0.103. The first-order valence-electron chi connectivity index (χ1n) is 10.4. The van der Waals surface area contributed by atoms with E-state index in [4.69, 9.17) is 21.9 Å². The average Bonchev–Trinajstić information content (AvgIpc) is 3.14. The number of hydrogen-bond donors (Lipinski definition) is 0. The molecule has 0 N–H and O–H groups in total. The Morgan fingerprint density at radius 1 is 1.10 bits per heavy atom. The van der Waals surface area contributed by atoms with Crippen molar-refractivity contribution in [2.75, 3.05) is 31.1 Å². The number of nitrogens with zero attached hydrogens (tertiary/aromatic N) is 6. The maximum Gasteiger partial charge on any atom is 0.288 e. The number of pyridine rings is 1. The average molecular weight is 435 g/mol. The second-order valence-corrected chi connectivity index (χ2v) is 9.11. The number of piperazine rings is 1. The first-order chi connectivity index (χ1) is 14.8. The van der Waals surface area contributed by atoms with Gasteiger partial charge in [0.1, 0.15) is 5.82 Å². The highest BCUT2D eigenvalue weighted by atomic mass is 32.1. The molecule has 0 unspecified atom stereocenters.